The first-order valence-electron chi connectivity index (χ1n) is 7.32. The first-order valence-corrected chi connectivity index (χ1v) is 7.32. The van der Waals surface area contributed by atoms with Crippen LogP contribution in [0.1, 0.15) is 44.3 Å². The largest absolute Gasteiger partial charge is 0.330 e. The molecule has 1 aromatic rings. The van der Waals surface area contributed by atoms with Gasteiger partial charge in [-0.1, -0.05) is 6.92 Å². The maximum atomic E-state index is 5.98. The normalized spacial score (nSPS) is 29.0. The number of rotatable bonds is 5. The second-order valence-corrected chi connectivity index (χ2v) is 5.68. The molecule has 1 saturated carbocycles. The van der Waals surface area contributed by atoms with E-state index in [1.165, 1.54) is 31.5 Å². The minimum Gasteiger partial charge on any atom is -0.330 e. The van der Waals surface area contributed by atoms with Gasteiger partial charge in [-0.25, -0.2) is 0 Å². The highest BCUT2D eigenvalue weighted by molar-refractivity contribution is 5.13. The molecule has 2 aliphatic rings. The smallest absolute Gasteiger partial charge is 0.0560 e. The van der Waals surface area contributed by atoms with Gasteiger partial charge in [-0.3, -0.25) is 9.58 Å². The zero-order valence-corrected chi connectivity index (χ0v) is 11.3. The Morgan fingerprint density at radius 2 is 2.22 bits per heavy atom. The molecule has 0 amide bonds. The van der Waals surface area contributed by atoms with Crippen molar-refractivity contribution in [1.29, 1.82) is 0 Å². The molecule has 0 bridgehead atoms. The van der Waals surface area contributed by atoms with Crippen molar-refractivity contribution in [2.75, 3.05) is 13.1 Å². The summed E-state index contributed by atoms with van der Waals surface area (Å²) in [5.74, 6) is 0.609. The zero-order valence-electron chi connectivity index (χ0n) is 11.3. The highest BCUT2D eigenvalue weighted by Crippen LogP contribution is 2.43. The van der Waals surface area contributed by atoms with Gasteiger partial charge in [0, 0.05) is 18.8 Å². The number of aromatic nitrogens is 2. The fourth-order valence-corrected chi connectivity index (χ4v) is 3.35. The van der Waals surface area contributed by atoms with Crippen molar-refractivity contribution in [2.45, 2.75) is 51.2 Å². The molecule has 1 aliphatic heterocycles. The third-order valence-electron chi connectivity index (χ3n) is 4.37. The molecule has 3 rings (SSSR count). The van der Waals surface area contributed by atoms with E-state index in [-0.39, 0.29) is 0 Å². The molecule has 0 spiro atoms. The van der Waals surface area contributed by atoms with Gasteiger partial charge < -0.3 is 5.73 Å². The van der Waals surface area contributed by atoms with Gasteiger partial charge in [0.05, 0.1) is 11.7 Å². The highest BCUT2D eigenvalue weighted by atomic mass is 15.3. The lowest BCUT2D eigenvalue weighted by molar-refractivity contribution is 0.209. The fraction of sp³-hybridized carbons (Fsp3) is 0.786. The van der Waals surface area contributed by atoms with Crippen LogP contribution in [0.4, 0.5) is 0 Å². The molecular formula is C14H24N4. The predicted octanol–water partition coefficient (Wildman–Crippen LogP) is 1.78. The maximum absolute atomic E-state index is 5.98. The topological polar surface area (TPSA) is 47.1 Å². The van der Waals surface area contributed by atoms with Crippen LogP contribution in [0, 0.1) is 5.92 Å². The summed E-state index contributed by atoms with van der Waals surface area (Å²) in [5.41, 5.74) is 7.37. The maximum Gasteiger partial charge on any atom is 0.0560 e. The van der Waals surface area contributed by atoms with Gasteiger partial charge in [0.1, 0.15) is 0 Å². The van der Waals surface area contributed by atoms with Crippen molar-refractivity contribution in [1.82, 2.24) is 14.7 Å². The lowest BCUT2D eigenvalue weighted by atomic mass is 9.97. The summed E-state index contributed by atoms with van der Waals surface area (Å²) in [5, 5.41) is 4.48. The van der Waals surface area contributed by atoms with Crippen LogP contribution in [-0.2, 0) is 6.54 Å². The van der Waals surface area contributed by atoms with E-state index in [0.717, 1.165) is 25.6 Å². The second-order valence-electron chi connectivity index (χ2n) is 5.68. The SMILES string of the molecule is CCCn1nccc1C1C(CN)CCN1C1CC1. The number of aryl methyl sites for hydroxylation is 1. The van der Waals surface area contributed by atoms with Crippen LogP contribution in [0.2, 0.25) is 0 Å². The van der Waals surface area contributed by atoms with E-state index < -0.39 is 0 Å². The first-order chi connectivity index (χ1) is 8.85. The molecular weight excluding hydrogens is 224 g/mol. The summed E-state index contributed by atoms with van der Waals surface area (Å²) < 4.78 is 2.19. The van der Waals surface area contributed by atoms with Crippen molar-refractivity contribution in [3.63, 3.8) is 0 Å². The number of nitrogens with two attached hydrogens (primary N) is 1. The third kappa shape index (κ3) is 2.08. The molecule has 18 heavy (non-hydrogen) atoms. The van der Waals surface area contributed by atoms with Gasteiger partial charge in [0.15, 0.2) is 0 Å². The monoisotopic (exact) mass is 248 g/mol. The lowest BCUT2D eigenvalue weighted by Gasteiger charge is -2.28. The fourth-order valence-electron chi connectivity index (χ4n) is 3.35. The van der Waals surface area contributed by atoms with Crippen molar-refractivity contribution in [3.8, 4) is 0 Å². The Kier molecular flexibility index (Phi) is 3.39. The van der Waals surface area contributed by atoms with Gasteiger partial charge in [-0.05, 0) is 50.8 Å². The Morgan fingerprint density at radius 1 is 1.39 bits per heavy atom. The Labute approximate surface area is 109 Å². The Hall–Kier alpha value is -0.870. The van der Waals surface area contributed by atoms with Crippen molar-refractivity contribution in [3.05, 3.63) is 18.0 Å². The molecule has 2 N–H and O–H groups in total. The summed E-state index contributed by atoms with van der Waals surface area (Å²) in [6, 6.07) is 3.53. The molecule has 1 aromatic heterocycles. The molecule has 100 valence electrons. The molecule has 1 saturated heterocycles. The van der Waals surface area contributed by atoms with E-state index in [4.69, 9.17) is 5.73 Å². The van der Waals surface area contributed by atoms with Gasteiger partial charge in [0.2, 0.25) is 0 Å². The van der Waals surface area contributed by atoms with Gasteiger partial charge in [-0.2, -0.15) is 5.10 Å². The van der Waals surface area contributed by atoms with E-state index in [1.807, 2.05) is 6.20 Å². The summed E-state index contributed by atoms with van der Waals surface area (Å²) in [4.78, 5) is 2.68. The summed E-state index contributed by atoms with van der Waals surface area (Å²) >= 11 is 0. The lowest BCUT2D eigenvalue weighted by Crippen LogP contribution is -2.31. The summed E-state index contributed by atoms with van der Waals surface area (Å²) in [7, 11) is 0. The average molecular weight is 248 g/mol. The van der Waals surface area contributed by atoms with E-state index >= 15 is 0 Å². The number of hydrogen-bond donors (Lipinski definition) is 1. The van der Waals surface area contributed by atoms with Crippen LogP contribution in [0.5, 0.6) is 0 Å². The second kappa shape index (κ2) is 5.02. The third-order valence-corrected chi connectivity index (χ3v) is 4.37. The van der Waals surface area contributed by atoms with Crippen molar-refractivity contribution >= 4 is 0 Å². The van der Waals surface area contributed by atoms with Crippen LogP contribution in [0.15, 0.2) is 12.3 Å². The van der Waals surface area contributed by atoms with Crippen molar-refractivity contribution in [2.24, 2.45) is 11.7 Å². The molecule has 2 unspecified atom stereocenters. The van der Waals surface area contributed by atoms with E-state index in [0.29, 0.717) is 12.0 Å². The van der Waals surface area contributed by atoms with Crippen LogP contribution in [0.25, 0.3) is 0 Å². The minimum absolute atomic E-state index is 0.511. The quantitative estimate of drug-likeness (QED) is 0.864. The highest BCUT2D eigenvalue weighted by Gasteiger charge is 2.43. The van der Waals surface area contributed by atoms with Crippen LogP contribution < -0.4 is 5.73 Å². The van der Waals surface area contributed by atoms with Crippen LogP contribution in [-0.4, -0.2) is 33.8 Å². The summed E-state index contributed by atoms with van der Waals surface area (Å²) in [6.45, 7) is 5.24. The van der Waals surface area contributed by atoms with Gasteiger partial charge in [-0.15, -0.1) is 0 Å². The van der Waals surface area contributed by atoms with E-state index in [9.17, 15) is 0 Å². The standard InChI is InChI=1S/C14H24N4/c1-2-8-18-13(5-7-16-18)14-11(10-15)6-9-17(14)12-3-4-12/h5,7,11-12,14H,2-4,6,8-10,15H2,1H3. The number of likely N-dealkylation sites (tertiary alicyclic amines) is 1. The molecule has 0 aromatic carbocycles. The zero-order chi connectivity index (χ0) is 12.5. The molecule has 1 aliphatic carbocycles. The van der Waals surface area contributed by atoms with Gasteiger partial charge >= 0.3 is 0 Å². The van der Waals surface area contributed by atoms with E-state index in [2.05, 4.69) is 27.7 Å². The molecule has 2 heterocycles. The van der Waals surface area contributed by atoms with Crippen LogP contribution >= 0.6 is 0 Å². The Morgan fingerprint density at radius 3 is 2.89 bits per heavy atom. The van der Waals surface area contributed by atoms with Gasteiger partial charge in [0.25, 0.3) is 0 Å². The van der Waals surface area contributed by atoms with E-state index in [1.54, 1.807) is 0 Å². The van der Waals surface area contributed by atoms with Crippen molar-refractivity contribution < 1.29 is 0 Å². The minimum atomic E-state index is 0.511. The van der Waals surface area contributed by atoms with Crippen LogP contribution in [0.3, 0.4) is 0 Å². The average Bonchev–Trinajstić information content (AvgIpc) is 2.98. The Balaban J connectivity index is 1.87. The first kappa shape index (κ1) is 12.2. The summed E-state index contributed by atoms with van der Waals surface area (Å²) in [6.07, 6.45) is 7.07. The molecule has 2 fully saturated rings. The molecule has 0 radical (unpaired) electrons. The molecule has 4 heteroatoms. The number of nitrogens with zero attached hydrogens (tertiary/aromatic N) is 3. The molecule has 4 nitrogen and oxygen atoms in total. The Bertz CT molecular complexity index is 396. The number of hydrogen-bond acceptors (Lipinski definition) is 3. The predicted molar refractivity (Wildman–Crippen MR) is 72.1 cm³/mol. The molecule has 2 atom stereocenters.